The first-order valence-corrected chi connectivity index (χ1v) is 2.54. The van der Waals surface area contributed by atoms with Crippen LogP contribution >= 0.6 is 0 Å². The van der Waals surface area contributed by atoms with Crippen molar-refractivity contribution in [2.45, 2.75) is 13.8 Å². The molecule has 1 aromatic heterocycles. The molecular weight excluding hydrogens is 118 g/mol. The number of nitrogens with zero attached hydrogens (tertiary/aromatic N) is 5. The molecule has 0 fully saturated rings. The van der Waals surface area contributed by atoms with Crippen molar-refractivity contribution in [1.82, 2.24) is 20.3 Å². The number of hydrogen-bond donors (Lipinski definition) is 0. The average Bonchev–Trinajstić information content (AvgIpc) is 2.15. The van der Waals surface area contributed by atoms with Crippen LogP contribution in [0.5, 0.6) is 0 Å². The Morgan fingerprint density at radius 1 is 1.56 bits per heavy atom. The van der Waals surface area contributed by atoms with Crippen molar-refractivity contribution in [2.24, 2.45) is 5.10 Å². The molecule has 1 heterocycles. The van der Waals surface area contributed by atoms with E-state index in [1.165, 1.54) is 11.1 Å². The average molecular weight is 125 g/mol. The molecular formula is C4H7N5. The predicted molar refractivity (Wildman–Crippen MR) is 32.0 cm³/mol. The van der Waals surface area contributed by atoms with Gasteiger partial charge in [-0.3, -0.25) is 0 Å². The van der Waals surface area contributed by atoms with Gasteiger partial charge in [0.15, 0.2) is 6.33 Å². The minimum atomic E-state index is 0.919. The maximum Gasteiger partial charge on any atom is 0.164 e. The number of tetrazole rings is 1. The molecule has 0 amide bonds. The Hall–Kier alpha value is -1.26. The highest BCUT2D eigenvalue weighted by molar-refractivity contribution is 5.78. The van der Waals surface area contributed by atoms with Gasteiger partial charge in [0.1, 0.15) is 0 Å². The molecule has 0 aromatic carbocycles. The van der Waals surface area contributed by atoms with E-state index in [2.05, 4.69) is 20.6 Å². The van der Waals surface area contributed by atoms with Gasteiger partial charge >= 0.3 is 0 Å². The SMILES string of the molecule is CC(C)=Nn1cnnn1. The van der Waals surface area contributed by atoms with Crippen LogP contribution in [0.2, 0.25) is 0 Å². The van der Waals surface area contributed by atoms with Gasteiger partial charge in [0, 0.05) is 5.71 Å². The molecule has 0 saturated heterocycles. The summed E-state index contributed by atoms with van der Waals surface area (Å²) in [6.45, 7) is 3.75. The normalized spacial score (nSPS) is 9.11. The highest BCUT2D eigenvalue weighted by Gasteiger charge is 1.83. The molecule has 0 radical (unpaired) electrons. The van der Waals surface area contributed by atoms with E-state index in [1.54, 1.807) is 0 Å². The number of hydrogen-bond acceptors (Lipinski definition) is 4. The summed E-state index contributed by atoms with van der Waals surface area (Å²) in [6, 6.07) is 0. The first-order valence-electron chi connectivity index (χ1n) is 2.54. The fraction of sp³-hybridized carbons (Fsp3) is 0.500. The topological polar surface area (TPSA) is 56.0 Å². The Kier molecular flexibility index (Phi) is 1.53. The van der Waals surface area contributed by atoms with E-state index in [0.717, 1.165) is 5.71 Å². The van der Waals surface area contributed by atoms with Gasteiger partial charge in [0.05, 0.1) is 0 Å². The molecule has 0 aliphatic rings. The van der Waals surface area contributed by atoms with E-state index < -0.39 is 0 Å². The van der Waals surface area contributed by atoms with Crippen molar-refractivity contribution in [3.05, 3.63) is 6.33 Å². The fourth-order valence-corrected chi connectivity index (χ4v) is 0.407. The molecule has 5 heteroatoms. The molecule has 0 saturated carbocycles. The van der Waals surface area contributed by atoms with E-state index in [-0.39, 0.29) is 0 Å². The molecule has 0 aliphatic heterocycles. The van der Waals surface area contributed by atoms with E-state index in [1.807, 2.05) is 13.8 Å². The van der Waals surface area contributed by atoms with Crippen LogP contribution in [0, 0.1) is 0 Å². The van der Waals surface area contributed by atoms with Crippen LogP contribution in [0.15, 0.2) is 11.4 Å². The molecule has 0 atom stereocenters. The van der Waals surface area contributed by atoms with Gasteiger partial charge in [-0.25, -0.2) is 0 Å². The maximum atomic E-state index is 3.92. The second-order valence-electron chi connectivity index (χ2n) is 1.78. The molecule has 9 heavy (non-hydrogen) atoms. The second kappa shape index (κ2) is 2.34. The lowest BCUT2D eigenvalue weighted by Crippen LogP contribution is -1.93. The molecule has 48 valence electrons. The summed E-state index contributed by atoms with van der Waals surface area (Å²) < 4.78 is 0. The monoisotopic (exact) mass is 125 g/mol. The Labute approximate surface area is 52.4 Å². The summed E-state index contributed by atoms with van der Waals surface area (Å²) in [5.41, 5.74) is 0.919. The van der Waals surface area contributed by atoms with Gasteiger partial charge < -0.3 is 0 Å². The van der Waals surface area contributed by atoms with Gasteiger partial charge in [0.25, 0.3) is 0 Å². The van der Waals surface area contributed by atoms with Crippen molar-refractivity contribution in [3.63, 3.8) is 0 Å². The molecule has 0 aliphatic carbocycles. The smallest absolute Gasteiger partial charge is 0.158 e. The first-order chi connectivity index (χ1) is 4.29. The highest BCUT2D eigenvalue weighted by Crippen LogP contribution is 1.77. The van der Waals surface area contributed by atoms with Crippen LogP contribution in [0.4, 0.5) is 0 Å². The summed E-state index contributed by atoms with van der Waals surface area (Å²) in [4.78, 5) is 1.31. The van der Waals surface area contributed by atoms with Gasteiger partial charge in [0.2, 0.25) is 0 Å². The Balaban J connectivity index is 2.80. The van der Waals surface area contributed by atoms with Crippen molar-refractivity contribution in [3.8, 4) is 0 Å². The summed E-state index contributed by atoms with van der Waals surface area (Å²) in [5.74, 6) is 0. The molecule has 0 unspecified atom stereocenters. The molecule has 1 aromatic rings. The highest BCUT2D eigenvalue weighted by atomic mass is 15.6. The molecule has 0 bridgehead atoms. The van der Waals surface area contributed by atoms with Gasteiger partial charge in [-0.15, -0.1) is 9.89 Å². The van der Waals surface area contributed by atoms with Crippen LogP contribution < -0.4 is 0 Å². The van der Waals surface area contributed by atoms with Gasteiger partial charge in [-0.05, 0) is 24.3 Å². The van der Waals surface area contributed by atoms with E-state index in [0.29, 0.717) is 0 Å². The Morgan fingerprint density at radius 2 is 2.33 bits per heavy atom. The quantitative estimate of drug-likeness (QED) is 0.493. The largest absolute Gasteiger partial charge is 0.164 e. The predicted octanol–water partition coefficient (Wildman–Crippen LogP) is -0.0830. The lowest BCUT2D eigenvalue weighted by atomic mass is 10.5. The molecule has 0 spiro atoms. The lowest BCUT2D eigenvalue weighted by Gasteiger charge is -1.85. The van der Waals surface area contributed by atoms with Crippen LogP contribution in [0.3, 0.4) is 0 Å². The van der Waals surface area contributed by atoms with Crippen LogP contribution in [0.1, 0.15) is 13.8 Å². The molecule has 0 N–H and O–H groups in total. The Morgan fingerprint density at radius 3 is 2.78 bits per heavy atom. The van der Waals surface area contributed by atoms with Gasteiger partial charge in [-0.1, -0.05) is 0 Å². The van der Waals surface area contributed by atoms with Crippen molar-refractivity contribution in [1.29, 1.82) is 0 Å². The fourth-order valence-electron chi connectivity index (χ4n) is 0.407. The second-order valence-corrected chi connectivity index (χ2v) is 1.78. The van der Waals surface area contributed by atoms with Crippen LogP contribution in [0.25, 0.3) is 0 Å². The third kappa shape index (κ3) is 1.60. The van der Waals surface area contributed by atoms with Crippen LogP contribution in [-0.4, -0.2) is 26.0 Å². The van der Waals surface area contributed by atoms with Crippen molar-refractivity contribution >= 4 is 5.71 Å². The van der Waals surface area contributed by atoms with E-state index in [4.69, 9.17) is 0 Å². The lowest BCUT2D eigenvalue weighted by molar-refractivity contribution is 0.689. The first kappa shape index (κ1) is 5.87. The molecule has 5 nitrogen and oxygen atoms in total. The van der Waals surface area contributed by atoms with E-state index in [9.17, 15) is 0 Å². The van der Waals surface area contributed by atoms with Crippen molar-refractivity contribution < 1.29 is 0 Å². The summed E-state index contributed by atoms with van der Waals surface area (Å²) in [7, 11) is 0. The third-order valence-electron chi connectivity index (χ3n) is 0.641. The summed E-state index contributed by atoms with van der Waals surface area (Å²) in [5, 5.41) is 14.2. The van der Waals surface area contributed by atoms with Crippen molar-refractivity contribution in [2.75, 3.05) is 0 Å². The summed E-state index contributed by atoms with van der Waals surface area (Å²) in [6.07, 6.45) is 1.44. The zero-order valence-electron chi connectivity index (χ0n) is 5.31. The van der Waals surface area contributed by atoms with Crippen LogP contribution in [-0.2, 0) is 0 Å². The van der Waals surface area contributed by atoms with Gasteiger partial charge in [-0.2, -0.15) is 5.10 Å². The zero-order chi connectivity index (χ0) is 6.69. The number of aromatic nitrogens is 4. The number of rotatable bonds is 1. The minimum absolute atomic E-state index is 0.919. The summed E-state index contributed by atoms with van der Waals surface area (Å²) >= 11 is 0. The standard InChI is InChI=1S/C4H7N5/c1-4(2)6-9-3-5-7-8-9/h3H,1-2H3. The third-order valence-corrected chi connectivity index (χ3v) is 0.641. The Bertz CT molecular complexity index is 195. The van der Waals surface area contributed by atoms with E-state index >= 15 is 0 Å². The maximum absolute atomic E-state index is 3.92. The molecule has 1 rings (SSSR count). The minimum Gasteiger partial charge on any atom is -0.158 e. The zero-order valence-corrected chi connectivity index (χ0v) is 5.31.